The number of para-hydroxylation sites is 1. The summed E-state index contributed by atoms with van der Waals surface area (Å²) in [7, 11) is 0. The lowest BCUT2D eigenvalue weighted by molar-refractivity contribution is -0.116. The van der Waals surface area contributed by atoms with E-state index in [1.54, 1.807) is 12.2 Å². The fourth-order valence-electron chi connectivity index (χ4n) is 8.15. The molecule has 0 saturated heterocycles. The first-order valence-corrected chi connectivity index (χ1v) is 15.0. The number of carbonyl (C=O) groups is 1. The van der Waals surface area contributed by atoms with Crippen molar-refractivity contribution in [1.29, 1.82) is 0 Å². The molecule has 0 spiro atoms. The smallest absolute Gasteiger partial charge is 0.155 e. The fourth-order valence-corrected chi connectivity index (χ4v) is 8.15. The first-order valence-electron chi connectivity index (χ1n) is 15.0. The minimum absolute atomic E-state index is 0.181. The van der Waals surface area contributed by atoms with E-state index in [4.69, 9.17) is 5.73 Å². The topological polar surface area (TPSA) is 63.3 Å². The zero-order valence-corrected chi connectivity index (χ0v) is 23.7. The highest BCUT2D eigenvalue weighted by molar-refractivity contribution is 5.91. The van der Waals surface area contributed by atoms with E-state index >= 15 is 0 Å². The van der Waals surface area contributed by atoms with Gasteiger partial charge in [-0.2, -0.15) is 0 Å². The largest absolute Gasteiger partial charge is 0.398 e. The number of allylic oxidation sites excluding steroid dienone is 3. The number of ketones is 1. The van der Waals surface area contributed by atoms with Crippen molar-refractivity contribution in [3.05, 3.63) is 89.0 Å². The third-order valence-electron chi connectivity index (χ3n) is 10.4. The number of aliphatic hydroxyl groups is 1. The molecule has 3 fully saturated rings. The maximum Gasteiger partial charge on any atom is 0.155 e. The summed E-state index contributed by atoms with van der Waals surface area (Å²) < 4.78 is 0. The number of benzene rings is 2. The van der Waals surface area contributed by atoms with Crippen LogP contribution in [-0.4, -0.2) is 16.5 Å². The highest BCUT2D eigenvalue weighted by Crippen LogP contribution is 2.64. The summed E-state index contributed by atoms with van der Waals surface area (Å²) in [6.45, 7) is 2.29. The molecule has 6 rings (SSSR count). The van der Waals surface area contributed by atoms with Crippen LogP contribution >= 0.6 is 0 Å². The normalized spacial score (nSPS) is 31.7. The number of nitrogens with two attached hydrogens (primary N) is 1. The molecule has 4 aliphatic carbocycles. The maximum absolute atomic E-state index is 12.0. The van der Waals surface area contributed by atoms with E-state index in [1.165, 1.54) is 5.57 Å². The second kappa shape index (κ2) is 11.1. The molecule has 3 heteroatoms. The van der Waals surface area contributed by atoms with Crippen molar-refractivity contribution in [3.63, 3.8) is 0 Å². The van der Waals surface area contributed by atoms with Crippen LogP contribution in [0.3, 0.4) is 0 Å². The van der Waals surface area contributed by atoms with E-state index < -0.39 is 5.60 Å². The molecular weight excluding hydrogens is 502 g/mol. The van der Waals surface area contributed by atoms with Crippen LogP contribution in [0, 0.1) is 64.6 Å². The zero-order chi connectivity index (χ0) is 28.5. The van der Waals surface area contributed by atoms with E-state index in [0.717, 1.165) is 61.6 Å². The van der Waals surface area contributed by atoms with E-state index in [0.29, 0.717) is 41.6 Å². The van der Waals surface area contributed by atoms with Gasteiger partial charge in [-0.1, -0.05) is 60.2 Å². The molecule has 41 heavy (non-hydrogen) atoms. The lowest BCUT2D eigenvalue weighted by Crippen LogP contribution is -2.52. The minimum atomic E-state index is -0.962. The summed E-state index contributed by atoms with van der Waals surface area (Å²) in [5.41, 5.74) is 9.45. The number of anilines is 1. The molecule has 0 amide bonds. The predicted octanol–water partition coefficient (Wildman–Crippen LogP) is 6.45. The Balaban J connectivity index is 1.11. The van der Waals surface area contributed by atoms with Gasteiger partial charge in [-0.05, 0) is 123 Å². The molecule has 0 aromatic heterocycles. The van der Waals surface area contributed by atoms with Crippen molar-refractivity contribution in [2.24, 2.45) is 29.1 Å². The van der Waals surface area contributed by atoms with Crippen LogP contribution in [0.25, 0.3) is 0 Å². The summed E-state index contributed by atoms with van der Waals surface area (Å²) in [6, 6.07) is 15.4. The number of nitrogen functional groups attached to an aromatic ring is 1. The van der Waals surface area contributed by atoms with Crippen LogP contribution in [0.5, 0.6) is 0 Å². The van der Waals surface area contributed by atoms with Crippen LogP contribution in [0.1, 0.15) is 75.0 Å². The lowest BCUT2D eigenvalue weighted by atomic mass is 9.50. The molecule has 3 saturated carbocycles. The number of fused-ring (bicyclic) bond motifs is 5. The van der Waals surface area contributed by atoms with Crippen LogP contribution in [-0.2, 0) is 4.79 Å². The Labute approximate surface area is 244 Å². The fraction of sp³-hybridized carbons (Fsp3) is 0.395. The first-order chi connectivity index (χ1) is 19.9. The van der Waals surface area contributed by atoms with Gasteiger partial charge in [0, 0.05) is 34.2 Å². The van der Waals surface area contributed by atoms with E-state index in [-0.39, 0.29) is 5.41 Å². The van der Waals surface area contributed by atoms with E-state index in [2.05, 4.69) is 42.4 Å². The second-order valence-corrected chi connectivity index (χ2v) is 12.4. The summed E-state index contributed by atoms with van der Waals surface area (Å²) in [5, 5.41) is 11.9. The maximum atomic E-state index is 12.0. The molecule has 3 nitrogen and oxygen atoms in total. The average molecular weight is 540 g/mol. The summed E-state index contributed by atoms with van der Waals surface area (Å²) in [4.78, 5) is 12.0. The molecule has 2 aromatic rings. The summed E-state index contributed by atoms with van der Waals surface area (Å²) in [5.74, 6) is 21.5. The van der Waals surface area contributed by atoms with Gasteiger partial charge in [0.15, 0.2) is 5.78 Å². The molecule has 0 heterocycles. The van der Waals surface area contributed by atoms with Gasteiger partial charge in [0.1, 0.15) is 5.60 Å². The lowest BCUT2D eigenvalue weighted by Gasteiger charge is -2.54. The minimum Gasteiger partial charge on any atom is -0.398 e. The van der Waals surface area contributed by atoms with Crippen molar-refractivity contribution in [3.8, 4) is 35.5 Å². The standard InChI is InChI=1S/C38H37NO2/c1-37-23-21-33-32-19-17-31(40)26-30(32)16-18-34(33)35(37)22-25-38(37,41)24-20-28-14-12-27(13-15-28)8-4-2-3-5-9-29-10-6-7-11-36(29)39/h2-3,6-7,10-15,26,32-35,41H,16-19,21-23,25,39H2,1H3/b3-2-/t32?,33?,34?,35?,37-,38-/m0/s1. The van der Waals surface area contributed by atoms with Crippen molar-refractivity contribution in [2.45, 2.75) is 63.9 Å². The van der Waals surface area contributed by atoms with Crippen molar-refractivity contribution >= 4 is 11.5 Å². The number of rotatable bonds is 0. The first kappa shape index (κ1) is 27.2. The Hall–Kier alpha value is -3.97. The quantitative estimate of drug-likeness (QED) is 0.299. The van der Waals surface area contributed by atoms with Gasteiger partial charge in [-0.15, -0.1) is 0 Å². The molecule has 2 aromatic carbocycles. The molecule has 4 unspecified atom stereocenters. The summed E-state index contributed by atoms with van der Waals surface area (Å²) >= 11 is 0. The van der Waals surface area contributed by atoms with Crippen molar-refractivity contribution in [2.75, 3.05) is 5.73 Å². The second-order valence-electron chi connectivity index (χ2n) is 12.4. The van der Waals surface area contributed by atoms with Crippen LogP contribution < -0.4 is 5.73 Å². The SMILES string of the molecule is C[C@]12CCC3C4CCC(=O)C=C4CCC3C1CC[C@@]2(O)C#Cc1ccc(C#C/C=C\C#Cc2ccccc2N)cc1. The van der Waals surface area contributed by atoms with Crippen molar-refractivity contribution < 1.29 is 9.90 Å². The average Bonchev–Trinajstić information content (AvgIpc) is 3.25. The van der Waals surface area contributed by atoms with Crippen LogP contribution in [0.4, 0.5) is 5.69 Å². The Morgan fingerprint density at radius 1 is 0.854 bits per heavy atom. The molecular formula is C38H37NO2. The molecule has 4 aliphatic rings. The Bertz CT molecular complexity index is 1590. The third kappa shape index (κ3) is 5.26. The third-order valence-corrected chi connectivity index (χ3v) is 10.4. The van der Waals surface area contributed by atoms with Gasteiger partial charge in [0.25, 0.3) is 0 Å². The Morgan fingerprint density at radius 2 is 1.59 bits per heavy atom. The predicted molar refractivity (Wildman–Crippen MR) is 164 cm³/mol. The van der Waals surface area contributed by atoms with Gasteiger partial charge in [-0.25, -0.2) is 0 Å². The number of hydrogen-bond donors (Lipinski definition) is 2. The Morgan fingerprint density at radius 3 is 2.37 bits per heavy atom. The number of hydrogen-bond acceptors (Lipinski definition) is 3. The van der Waals surface area contributed by atoms with Gasteiger partial charge < -0.3 is 10.8 Å². The van der Waals surface area contributed by atoms with E-state index in [9.17, 15) is 9.90 Å². The van der Waals surface area contributed by atoms with Gasteiger partial charge in [-0.3, -0.25) is 4.79 Å². The molecule has 3 N–H and O–H groups in total. The van der Waals surface area contributed by atoms with Gasteiger partial charge in [0.2, 0.25) is 0 Å². The highest BCUT2D eigenvalue weighted by atomic mass is 16.3. The highest BCUT2D eigenvalue weighted by Gasteiger charge is 2.62. The van der Waals surface area contributed by atoms with Crippen LogP contribution in [0.15, 0.2) is 72.3 Å². The van der Waals surface area contributed by atoms with Gasteiger partial charge in [0.05, 0.1) is 0 Å². The molecule has 6 atom stereocenters. The van der Waals surface area contributed by atoms with Crippen molar-refractivity contribution in [1.82, 2.24) is 0 Å². The molecule has 0 aliphatic heterocycles. The van der Waals surface area contributed by atoms with E-state index in [1.807, 2.05) is 54.6 Å². The monoisotopic (exact) mass is 539 g/mol. The summed E-state index contributed by atoms with van der Waals surface area (Å²) in [6.07, 6.45) is 13.3. The zero-order valence-electron chi connectivity index (χ0n) is 23.7. The molecule has 206 valence electrons. The van der Waals surface area contributed by atoms with Crippen LogP contribution in [0.2, 0.25) is 0 Å². The number of carbonyl (C=O) groups excluding carboxylic acids is 1. The van der Waals surface area contributed by atoms with Gasteiger partial charge >= 0.3 is 0 Å². The molecule has 0 radical (unpaired) electrons. The Kier molecular flexibility index (Phi) is 7.39. The molecule has 0 bridgehead atoms.